The minimum atomic E-state index is 0.897. The molecule has 0 aliphatic heterocycles. The number of fused-ring (bicyclic) bond motifs is 4. The minimum Gasteiger partial charge on any atom is -0.456 e. The number of hydrogen-bond acceptors (Lipinski definition) is 2. The Labute approximate surface area is 279 Å². The largest absolute Gasteiger partial charge is 0.456 e. The number of benzene rings is 8. The van der Waals surface area contributed by atoms with Crippen molar-refractivity contribution in [1.82, 2.24) is 0 Å². The molecule has 9 rings (SSSR count). The van der Waals surface area contributed by atoms with Crippen molar-refractivity contribution >= 4 is 49.8 Å². The third-order valence-electron chi connectivity index (χ3n) is 9.27. The highest BCUT2D eigenvalue weighted by molar-refractivity contribution is 6.07. The average molecular weight is 614 g/mol. The molecule has 9 aromatic rings. The lowest BCUT2D eigenvalue weighted by Crippen LogP contribution is -2.11. The van der Waals surface area contributed by atoms with Crippen LogP contribution in [0, 0.1) is 0 Å². The highest BCUT2D eigenvalue weighted by Crippen LogP contribution is 2.44. The summed E-state index contributed by atoms with van der Waals surface area (Å²) in [5.41, 5.74) is 12.2. The normalized spacial score (nSPS) is 11.3. The minimum absolute atomic E-state index is 0.897. The van der Waals surface area contributed by atoms with Crippen molar-refractivity contribution in [1.29, 1.82) is 0 Å². The number of para-hydroxylation sites is 2. The van der Waals surface area contributed by atoms with Crippen molar-refractivity contribution in [3.63, 3.8) is 0 Å². The maximum atomic E-state index is 6.18. The first-order valence-corrected chi connectivity index (χ1v) is 16.3. The van der Waals surface area contributed by atoms with E-state index in [2.05, 4.69) is 181 Å². The van der Waals surface area contributed by atoms with E-state index in [9.17, 15) is 0 Å². The number of rotatable bonds is 6. The Bertz CT molecular complexity index is 2560. The molecular weight excluding hydrogens is 583 g/mol. The first-order valence-electron chi connectivity index (χ1n) is 16.3. The molecule has 0 N–H and O–H groups in total. The first-order chi connectivity index (χ1) is 23.8. The van der Waals surface area contributed by atoms with Gasteiger partial charge in [0, 0.05) is 27.7 Å². The summed E-state index contributed by atoms with van der Waals surface area (Å²) in [5.74, 6) is 0. The van der Waals surface area contributed by atoms with Gasteiger partial charge in [0.2, 0.25) is 0 Å². The Morgan fingerprint density at radius 3 is 1.83 bits per heavy atom. The molecule has 0 saturated heterocycles. The van der Waals surface area contributed by atoms with Gasteiger partial charge < -0.3 is 9.32 Å². The molecule has 0 aliphatic carbocycles. The molecule has 8 aromatic carbocycles. The fourth-order valence-corrected chi connectivity index (χ4v) is 6.96. The van der Waals surface area contributed by atoms with E-state index >= 15 is 0 Å². The molecular formula is C46H31NO. The van der Waals surface area contributed by atoms with E-state index in [-0.39, 0.29) is 0 Å². The molecule has 1 heterocycles. The summed E-state index contributed by atoms with van der Waals surface area (Å²) in [4.78, 5) is 2.39. The maximum Gasteiger partial charge on any atom is 0.135 e. The van der Waals surface area contributed by atoms with Crippen molar-refractivity contribution in [3.8, 4) is 33.4 Å². The summed E-state index contributed by atoms with van der Waals surface area (Å²) in [5, 5.41) is 4.73. The quantitative estimate of drug-likeness (QED) is 0.185. The van der Waals surface area contributed by atoms with Crippen LogP contribution in [0.15, 0.2) is 192 Å². The van der Waals surface area contributed by atoms with Crippen LogP contribution in [0.1, 0.15) is 0 Å². The van der Waals surface area contributed by atoms with Crippen LogP contribution in [-0.4, -0.2) is 0 Å². The third kappa shape index (κ3) is 4.92. The van der Waals surface area contributed by atoms with Crippen molar-refractivity contribution in [2.24, 2.45) is 0 Å². The van der Waals surface area contributed by atoms with E-state index in [1.54, 1.807) is 0 Å². The highest BCUT2D eigenvalue weighted by atomic mass is 16.3. The molecule has 0 bridgehead atoms. The predicted octanol–water partition coefficient (Wildman–Crippen LogP) is 13.2. The summed E-state index contributed by atoms with van der Waals surface area (Å²) in [6.07, 6.45) is 0. The smallest absolute Gasteiger partial charge is 0.135 e. The van der Waals surface area contributed by atoms with Crippen molar-refractivity contribution in [2.75, 3.05) is 4.90 Å². The number of anilines is 3. The monoisotopic (exact) mass is 613 g/mol. The zero-order chi connectivity index (χ0) is 31.9. The van der Waals surface area contributed by atoms with E-state index in [1.165, 1.54) is 33.0 Å². The lowest BCUT2D eigenvalue weighted by Gasteiger charge is -2.28. The fraction of sp³-hybridized carbons (Fsp3) is 0. The molecule has 2 heteroatoms. The second-order valence-electron chi connectivity index (χ2n) is 12.2. The van der Waals surface area contributed by atoms with Gasteiger partial charge in [-0.2, -0.15) is 0 Å². The van der Waals surface area contributed by atoms with Crippen LogP contribution in [0.2, 0.25) is 0 Å². The van der Waals surface area contributed by atoms with Gasteiger partial charge in [0.25, 0.3) is 0 Å². The number of furan rings is 1. The molecule has 0 spiro atoms. The van der Waals surface area contributed by atoms with E-state index in [1.807, 2.05) is 12.1 Å². The lowest BCUT2D eigenvalue weighted by atomic mass is 9.97. The Hall–Kier alpha value is -6.38. The SMILES string of the molecule is c1ccc(-c2ccc(N(c3cccc(-c4cccc5ccccc45)c3)c3ccccc3-c3ccc4oc5ccccc5c4c3)cc2)cc1. The van der Waals surface area contributed by atoms with Gasteiger partial charge in [-0.05, 0) is 87.1 Å². The van der Waals surface area contributed by atoms with Crippen LogP contribution in [0.4, 0.5) is 17.1 Å². The summed E-state index contributed by atoms with van der Waals surface area (Å²) in [6, 6.07) is 67.0. The van der Waals surface area contributed by atoms with E-state index in [0.717, 1.165) is 50.1 Å². The molecule has 1 aromatic heterocycles. The maximum absolute atomic E-state index is 6.18. The summed E-state index contributed by atoms with van der Waals surface area (Å²) in [6.45, 7) is 0. The molecule has 0 unspecified atom stereocenters. The second-order valence-corrected chi connectivity index (χ2v) is 12.2. The molecule has 0 amide bonds. The number of hydrogen-bond donors (Lipinski definition) is 0. The Balaban J connectivity index is 1.23. The predicted molar refractivity (Wildman–Crippen MR) is 202 cm³/mol. The molecule has 0 radical (unpaired) electrons. The third-order valence-corrected chi connectivity index (χ3v) is 9.27. The van der Waals surface area contributed by atoms with E-state index in [0.29, 0.717) is 0 Å². The lowest BCUT2D eigenvalue weighted by molar-refractivity contribution is 0.669. The summed E-state index contributed by atoms with van der Waals surface area (Å²) < 4.78 is 6.18. The molecule has 0 fully saturated rings. The Kier molecular flexibility index (Phi) is 6.84. The van der Waals surface area contributed by atoms with Gasteiger partial charge in [0.05, 0.1) is 5.69 Å². The van der Waals surface area contributed by atoms with Crippen molar-refractivity contribution in [2.45, 2.75) is 0 Å². The Morgan fingerprint density at radius 1 is 0.333 bits per heavy atom. The standard InChI is InChI=1S/C46H31NO/c1-2-12-32(13-3-1)33-24-27-37(28-25-33)47(38-17-10-16-35(30-38)40-21-11-15-34-14-4-5-18-39(34)40)44-22-8-6-19-41(44)36-26-29-46-43(31-36)42-20-7-9-23-45(42)48-46/h1-31H. The first kappa shape index (κ1) is 27.9. The molecule has 0 atom stereocenters. The zero-order valence-corrected chi connectivity index (χ0v) is 26.3. The van der Waals surface area contributed by atoms with E-state index < -0.39 is 0 Å². The van der Waals surface area contributed by atoms with Gasteiger partial charge in [0.1, 0.15) is 11.2 Å². The van der Waals surface area contributed by atoms with Crippen molar-refractivity contribution in [3.05, 3.63) is 188 Å². The van der Waals surface area contributed by atoms with E-state index in [4.69, 9.17) is 4.42 Å². The van der Waals surface area contributed by atoms with Crippen LogP contribution in [0.25, 0.3) is 66.1 Å². The van der Waals surface area contributed by atoms with Crippen LogP contribution >= 0.6 is 0 Å². The van der Waals surface area contributed by atoms with Crippen LogP contribution in [0.5, 0.6) is 0 Å². The summed E-state index contributed by atoms with van der Waals surface area (Å²) >= 11 is 0. The molecule has 2 nitrogen and oxygen atoms in total. The Morgan fingerprint density at radius 2 is 0.938 bits per heavy atom. The average Bonchev–Trinajstić information content (AvgIpc) is 3.54. The van der Waals surface area contributed by atoms with Gasteiger partial charge in [-0.1, -0.05) is 140 Å². The van der Waals surface area contributed by atoms with Gasteiger partial charge in [0.15, 0.2) is 0 Å². The van der Waals surface area contributed by atoms with Gasteiger partial charge in [-0.25, -0.2) is 0 Å². The van der Waals surface area contributed by atoms with Crippen molar-refractivity contribution < 1.29 is 4.42 Å². The second kappa shape index (κ2) is 11.8. The summed E-state index contributed by atoms with van der Waals surface area (Å²) in [7, 11) is 0. The van der Waals surface area contributed by atoms with Gasteiger partial charge in [-0.15, -0.1) is 0 Å². The van der Waals surface area contributed by atoms with Crippen LogP contribution in [-0.2, 0) is 0 Å². The zero-order valence-electron chi connectivity index (χ0n) is 26.3. The molecule has 48 heavy (non-hydrogen) atoms. The fourth-order valence-electron chi connectivity index (χ4n) is 6.96. The van der Waals surface area contributed by atoms with Gasteiger partial charge >= 0.3 is 0 Å². The molecule has 226 valence electrons. The van der Waals surface area contributed by atoms with Crippen LogP contribution < -0.4 is 4.90 Å². The molecule has 0 saturated carbocycles. The van der Waals surface area contributed by atoms with Crippen LogP contribution in [0.3, 0.4) is 0 Å². The van der Waals surface area contributed by atoms with Gasteiger partial charge in [-0.3, -0.25) is 0 Å². The number of nitrogens with zero attached hydrogens (tertiary/aromatic N) is 1. The highest BCUT2D eigenvalue weighted by Gasteiger charge is 2.19. The topological polar surface area (TPSA) is 16.4 Å². The molecule has 0 aliphatic rings.